The SMILES string of the molecule is CS(=O)(=O)c1ccc(-c2cnn(CC(F)(F)F)c(=O)c2Cc2cccc(F)c2)cc1. The topological polar surface area (TPSA) is 69.0 Å². The Bertz CT molecular complexity index is 1230. The number of hydrogen-bond donors (Lipinski definition) is 0. The summed E-state index contributed by atoms with van der Waals surface area (Å²) in [5.74, 6) is -0.545. The fourth-order valence-electron chi connectivity index (χ4n) is 2.96. The van der Waals surface area contributed by atoms with Crippen LogP contribution in [0.5, 0.6) is 0 Å². The molecule has 0 spiro atoms. The Morgan fingerprint density at radius 1 is 1.07 bits per heavy atom. The van der Waals surface area contributed by atoms with Gasteiger partial charge in [0.25, 0.3) is 5.56 Å². The molecule has 1 aromatic heterocycles. The van der Waals surface area contributed by atoms with Gasteiger partial charge in [0, 0.05) is 23.8 Å². The Kier molecular flexibility index (Phi) is 5.80. The molecule has 0 saturated carbocycles. The first-order valence-electron chi connectivity index (χ1n) is 8.65. The van der Waals surface area contributed by atoms with Gasteiger partial charge in [-0.2, -0.15) is 18.3 Å². The summed E-state index contributed by atoms with van der Waals surface area (Å²) in [5.41, 5.74) is 0.0689. The number of aromatic nitrogens is 2. The second-order valence-corrected chi connectivity index (χ2v) is 8.73. The van der Waals surface area contributed by atoms with Crippen LogP contribution in [0.2, 0.25) is 0 Å². The summed E-state index contributed by atoms with van der Waals surface area (Å²) >= 11 is 0. The number of alkyl halides is 3. The molecule has 158 valence electrons. The minimum absolute atomic E-state index is 0.00745. The van der Waals surface area contributed by atoms with E-state index in [4.69, 9.17) is 0 Å². The van der Waals surface area contributed by atoms with Crippen molar-refractivity contribution in [3.63, 3.8) is 0 Å². The highest BCUT2D eigenvalue weighted by Gasteiger charge is 2.30. The first kappa shape index (κ1) is 21.7. The highest BCUT2D eigenvalue weighted by atomic mass is 32.2. The molecular formula is C20H16F4N2O3S. The molecule has 0 bridgehead atoms. The second kappa shape index (κ2) is 8.02. The van der Waals surface area contributed by atoms with E-state index in [-0.39, 0.29) is 22.4 Å². The fourth-order valence-corrected chi connectivity index (χ4v) is 3.59. The maximum atomic E-state index is 13.6. The van der Waals surface area contributed by atoms with Crippen molar-refractivity contribution in [1.82, 2.24) is 9.78 Å². The summed E-state index contributed by atoms with van der Waals surface area (Å²) in [5, 5.41) is 3.62. The van der Waals surface area contributed by atoms with E-state index in [1.54, 1.807) is 6.07 Å². The van der Waals surface area contributed by atoms with Crippen LogP contribution in [-0.4, -0.2) is 30.6 Å². The maximum absolute atomic E-state index is 13.6. The number of sulfone groups is 1. The minimum Gasteiger partial charge on any atom is -0.267 e. The molecule has 5 nitrogen and oxygen atoms in total. The summed E-state index contributed by atoms with van der Waals surface area (Å²) in [7, 11) is -3.45. The Labute approximate surface area is 169 Å². The standard InChI is InChI=1S/C20H16F4N2O3S/c1-30(28,29)16-7-5-14(6-8-16)18-11-25-26(12-20(22,23)24)19(27)17(18)10-13-3-2-4-15(21)9-13/h2-9,11H,10,12H2,1H3. The van der Waals surface area contributed by atoms with Crippen molar-refractivity contribution in [3.05, 3.63) is 82.0 Å². The van der Waals surface area contributed by atoms with E-state index in [1.165, 1.54) is 42.5 Å². The first-order chi connectivity index (χ1) is 13.9. The molecule has 0 radical (unpaired) electrons. The van der Waals surface area contributed by atoms with Crippen LogP contribution in [0.25, 0.3) is 11.1 Å². The average Bonchev–Trinajstić information content (AvgIpc) is 2.64. The Morgan fingerprint density at radius 2 is 1.73 bits per heavy atom. The van der Waals surface area contributed by atoms with Crippen molar-refractivity contribution in [2.24, 2.45) is 0 Å². The van der Waals surface area contributed by atoms with E-state index >= 15 is 0 Å². The minimum atomic E-state index is -4.65. The number of nitrogens with zero attached hydrogens (tertiary/aromatic N) is 2. The molecule has 0 aliphatic heterocycles. The number of hydrogen-bond acceptors (Lipinski definition) is 4. The molecule has 3 rings (SSSR count). The largest absolute Gasteiger partial charge is 0.408 e. The normalized spacial score (nSPS) is 12.2. The van der Waals surface area contributed by atoms with Gasteiger partial charge in [0.2, 0.25) is 0 Å². The smallest absolute Gasteiger partial charge is 0.267 e. The number of rotatable bonds is 5. The van der Waals surface area contributed by atoms with Crippen molar-refractivity contribution in [3.8, 4) is 11.1 Å². The van der Waals surface area contributed by atoms with Crippen molar-refractivity contribution < 1.29 is 26.0 Å². The quantitative estimate of drug-likeness (QED) is 0.569. The van der Waals surface area contributed by atoms with Gasteiger partial charge in [-0.05, 0) is 35.4 Å². The lowest BCUT2D eigenvalue weighted by atomic mass is 9.97. The molecular weight excluding hydrogens is 424 g/mol. The molecule has 0 amide bonds. The van der Waals surface area contributed by atoms with Gasteiger partial charge in [0.05, 0.1) is 11.1 Å². The molecule has 30 heavy (non-hydrogen) atoms. The van der Waals surface area contributed by atoms with Crippen LogP contribution in [0.1, 0.15) is 11.1 Å². The molecule has 1 heterocycles. The summed E-state index contributed by atoms with van der Waals surface area (Å²) in [6, 6.07) is 10.9. The Morgan fingerprint density at radius 3 is 2.30 bits per heavy atom. The third kappa shape index (κ3) is 5.12. The van der Waals surface area contributed by atoms with Crippen molar-refractivity contribution >= 4 is 9.84 Å². The average molecular weight is 440 g/mol. The molecule has 0 aliphatic carbocycles. The molecule has 0 unspecified atom stereocenters. The van der Waals surface area contributed by atoms with Gasteiger partial charge in [-0.25, -0.2) is 17.5 Å². The molecule has 0 saturated heterocycles. The predicted octanol–water partition coefficient (Wildman–Crippen LogP) is 3.61. The fraction of sp³-hybridized carbons (Fsp3) is 0.200. The van der Waals surface area contributed by atoms with Gasteiger partial charge >= 0.3 is 6.18 Å². The Hall–Kier alpha value is -3.01. The lowest BCUT2D eigenvalue weighted by Gasteiger charge is -2.14. The van der Waals surface area contributed by atoms with Gasteiger partial charge in [-0.15, -0.1) is 0 Å². The third-order valence-electron chi connectivity index (χ3n) is 4.34. The van der Waals surface area contributed by atoms with Gasteiger partial charge in [0.15, 0.2) is 9.84 Å². The second-order valence-electron chi connectivity index (χ2n) is 6.72. The van der Waals surface area contributed by atoms with Gasteiger partial charge < -0.3 is 0 Å². The molecule has 0 fully saturated rings. The molecule has 3 aromatic rings. The molecule has 0 atom stereocenters. The van der Waals surface area contributed by atoms with Crippen LogP contribution < -0.4 is 5.56 Å². The van der Waals surface area contributed by atoms with Gasteiger partial charge in [0.1, 0.15) is 12.4 Å². The van der Waals surface area contributed by atoms with Crippen molar-refractivity contribution in [2.45, 2.75) is 24.0 Å². The van der Waals surface area contributed by atoms with Crippen LogP contribution in [0.15, 0.2) is 64.4 Å². The van der Waals surface area contributed by atoms with E-state index in [1.807, 2.05) is 0 Å². The highest BCUT2D eigenvalue weighted by molar-refractivity contribution is 7.90. The molecule has 2 aromatic carbocycles. The van der Waals surface area contributed by atoms with Crippen LogP contribution in [0, 0.1) is 5.82 Å². The van der Waals surface area contributed by atoms with Crippen molar-refractivity contribution in [1.29, 1.82) is 0 Å². The zero-order valence-electron chi connectivity index (χ0n) is 15.6. The zero-order valence-corrected chi connectivity index (χ0v) is 16.5. The monoisotopic (exact) mass is 440 g/mol. The lowest BCUT2D eigenvalue weighted by molar-refractivity contribution is -0.143. The van der Waals surface area contributed by atoms with Gasteiger partial charge in [-0.3, -0.25) is 4.79 Å². The van der Waals surface area contributed by atoms with Crippen LogP contribution >= 0.6 is 0 Å². The van der Waals surface area contributed by atoms with Crippen molar-refractivity contribution in [2.75, 3.05) is 6.26 Å². The maximum Gasteiger partial charge on any atom is 0.408 e. The molecule has 10 heteroatoms. The van der Waals surface area contributed by atoms with E-state index in [2.05, 4.69) is 5.10 Å². The number of benzene rings is 2. The van der Waals surface area contributed by atoms with E-state index in [0.717, 1.165) is 12.5 Å². The van der Waals surface area contributed by atoms with E-state index in [0.29, 0.717) is 15.8 Å². The third-order valence-corrected chi connectivity index (χ3v) is 5.46. The van der Waals surface area contributed by atoms with E-state index in [9.17, 15) is 30.8 Å². The predicted molar refractivity (Wildman–Crippen MR) is 102 cm³/mol. The molecule has 0 N–H and O–H groups in total. The summed E-state index contributed by atoms with van der Waals surface area (Å²) in [6.45, 7) is -1.56. The lowest BCUT2D eigenvalue weighted by Crippen LogP contribution is -2.32. The summed E-state index contributed by atoms with van der Waals surface area (Å²) < 4.78 is 75.6. The molecule has 0 aliphatic rings. The van der Waals surface area contributed by atoms with Crippen LogP contribution in [0.3, 0.4) is 0 Å². The number of halogens is 4. The van der Waals surface area contributed by atoms with Gasteiger partial charge in [-0.1, -0.05) is 24.3 Å². The van der Waals surface area contributed by atoms with Crippen LogP contribution in [-0.2, 0) is 22.8 Å². The summed E-state index contributed by atoms with van der Waals surface area (Å²) in [6.07, 6.45) is -2.61. The first-order valence-corrected chi connectivity index (χ1v) is 10.5. The Balaban J connectivity index is 2.14. The summed E-state index contributed by atoms with van der Waals surface area (Å²) in [4.78, 5) is 12.8. The zero-order chi connectivity index (χ0) is 22.1. The highest BCUT2D eigenvalue weighted by Crippen LogP contribution is 2.25. The van der Waals surface area contributed by atoms with E-state index < -0.39 is 33.9 Å². The van der Waals surface area contributed by atoms with Crippen LogP contribution in [0.4, 0.5) is 17.6 Å².